The van der Waals surface area contributed by atoms with E-state index in [-0.39, 0.29) is 5.48 Å². The van der Waals surface area contributed by atoms with E-state index in [1.165, 1.54) is 0 Å². The van der Waals surface area contributed by atoms with E-state index in [1.807, 2.05) is 43.3 Å². The van der Waals surface area contributed by atoms with E-state index >= 15 is 0 Å². The summed E-state index contributed by atoms with van der Waals surface area (Å²) in [6, 6.07) is 16.2. The van der Waals surface area contributed by atoms with Crippen molar-refractivity contribution in [2.45, 2.75) is 32.9 Å². The van der Waals surface area contributed by atoms with Crippen LogP contribution in [0.15, 0.2) is 48.5 Å². The smallest absolute Gasteiger partial charge is 0.00317 e. The molecule has 0 radical (unpaired) electrons. The summed E-state index contributed by atoms with van der Waals surface area (Å²) in [5.74, 6) is 0. The van der Waals surface area contributed by atoms with Gasteiger partial charge >= 0.3 is 0 Å². The Morgan fingerprint density at radius 1 is 1.10 bits per heavy atom. The Balaban J connectivity index is 2.55. The Kier molecular flexibility index (Phi) is 5.11. The molecule has 0 bridgehead atoms. The van der Waals surface area contributed by atoms with Crippen molar-refractivity contribution in [1.82, 2.24) is 0 Å². The Hall–Kier alpha value is -1.43. The molecule has 0 amide bonds. The lowest BCUT2D eigenvalue weighted by atomic mass is 9.96. The van der Waals surface area contributed by atoms with Crippen molar-refractivity contribution in [3.05, 3.63) is 59.7 Å². The molecule has 0 aliphatic carbocycles. The molecular formula is C18H20OP-. The van der Waals surface area contributed by atoms with Gasteiger partial charge in [-0.15, -0.1) is 13.7 Å². The predicted molar refractivity (Wildman–Crippen MR) is 87.4 cm³/mol. The van der Waals surface area contributed by atoms with Crippen LogP contribution >= 0.6 is 8.20 Å². The summed E-state index contributed by atoms with van der Waals surface area (Å²) in [7, 11) is 0.896. The van der Waals surface area contributed by atoms with Gasteiger partial charge in [-0.25, -0.2) is 0 Å². The topological polar surface area (TPSA) is 23.1 Å². The van der Waals surface area contributed by atoms with Crippen molar-refractivity contribution >= 4 is 13.7 Å². The predicted octanol–water partition coefficient (Wildman–Crippen LogP) is 4.25. The van der Waals surface area contributed by atoms with Crippen LogP contribution in [0.25, 0.3) is 11.1 Å². The second-order valence-corrected chi connectivity index (χ2v) is 6.60. The van der Waals surface area contributed by atoms with Crippen molar-refractivity contribution in [2.75, 3.05) is 0 Å². The summed E-state index contributed by atoms with van der Waals surface area (Å²) in [5.41, 5.74) is 4.74. The molecular weight excluding hydrogens is 263 g/mol. The van der Waals surface area contributed by atoms with Crippen LogP contribution < -0.4 is 5.11 Å². The Bertz CT molecular complexity index is 602. The van der Waals surface area contributed by atoms with Gasteiger partial charge < -0.3 is 5.11 Å². The number of benzene rings is 2. The zero-order chi connectivity index (χ0) is 14.5. The van der Waals surface area contributed by atoms with E-state index in [9.17, 15) is 5.11 Å². The highest BCUT2D eigenvalue weighted by Gasteiger charge is 2.07. The molecule has 0 spiro atoms. The molecule has 0 aliphatic heterocycles. The van der Waals surface area contributed by atoms with Crippen molar-refractivity contribution in [3.8, 4) is 11.1 Å². The standard InChI is InChI=1S/C18H21OP/c1-4-14(3)20-18(19)17-13(2)9-8-12-16(17)15-10-6-5-7-11-15/h5-12,14,19H,4H2,1-3H3/p-1. The van der Waals surface area contributed by atoms with E-state index in [0.29, 0.717) is 5.66 Å². The first-order chi connectivity index (χ1) is 9.63. The first-order valence-electron chi connectivity index (χ1n) is 7.03. The third-order valence-corrected chi connectivity index (χ3v) is 4.76. The molecule has 2 aromatic rings. The Labute approximate surface area is 123 Å². The highest BCUT2D eigenvalue weighted by atomic mass is 31.1. The van der Waals surface area contributed by atoms with Gasteiger partial charge in [0.15, 0.2) is 0 Å². The lowest BCUT2D eigenvalue weighted by molar-refractivity contribution is -0.207. The molecule has 1 nitrogen and oxygen atoms in total. The minimum atomic E-state index is 0.233. The molecule has 0 saturated heterocycles. The minimum absolute atomic E-state index is 0.233. The van der Waals surface area contributed by atoms with Gasteiger partial charge in [-0.3, -0.25) is 0 Å². The number of aryl methyl sites for hydroxylation is 1. The van der Waals surface area contributed by atoms with Crippen molar-refractivity contribution in [3.63, 3.8) is 0 Å². The number of hydrogen-bond acceptors (Lipinski definition) is 1. The fraction of sp³-hybridized carbons (Fsp3) is 0.278. The normalized spacial score (nSPS) is 13.3. The number of rotatable bonds is 4. The minimum Gasteiger partial charge on any atom is -0.823 e. The second-order valence-electron chi connectivity index (χ2n) is 5.06. The van der Waals surface area contributed by atoms with E-state index in [1.54, 1.807) is 0 Å². The van der Waals surface area contributed by atoms with Crippen molar-refractivity contribution < 1.29 is 5.11 Å². The van der Waals surface area contributed by atoms with E-state index < -0.39 is 0 Å². The summed E-state index contributed by atoms with van der Waals surface area (Å²) in [6.07, 6.45) is 1.03. The summed E-state index contributed by atoms with van der Waals surface area (Å²) in [5, 5.41) is 12.6. The molecule has 0 aromatic heterocycles. The van der Waals surface area contributed by atoms with Gasteiger partial charge in [-0.2, -0.15) is 0 Å². The van der Waals surface area contributed by atoms with Gasteiger partial charge in [0, 0.05) is 0 Å². The molecule has 2 rings (SSSR count). The van der Waals surface area contributed by atoms with E-state index in [0.717, 1.165) is 36.9 Å². The third-order valence-electron chi connectivity index (χ3n) is 3.50. The van der Waals surface area contributed by atoms with Crippen LogP contribution in [0.1, 0.15) is 31.4 Å². The van der Waals surface area contributed by atoms with Crippen LogP contribution in [0, 0.1) is 6.92 Å². The Morgan fingerprint density at radius 2 is 1.80 bits per heavy atom. The van der Waals surface area contributed by atoms with Gasteiger partial charge in [0.1, 0.15) is 0 Å². The fourth-order valence-corrected chi connectivity index (χ4v) is 3.17. The van der Waals surface area contributed by atoms with E-state index in [4.69, 9.17) is 0 Å². The van der Waals surface area contributed by atoms with E-state index in [2.05, 4.69) is 26.0 Å². The Morgan fingerprint density at radius 3 is 2.45 bits per heavy atom. The first-order valence-corrected chi connectivity index (χ1v) is 8.00. The lowest BCUT2D eigenvalue weighted by Crippen LogP contribution is -2.19. The number of hydrogen-bond donors (Lipinski definition) is 0. The lowest BCUT2D eigenvalue weighted by Gasteiger charge is -2.21. The van der Waals surface area contributed by atoms with Crippen LogP contribution in [-0.2, 0) is 0 Å². The third kappa shape index (κ3) is 3.36. The molecule has 1 unspecified atom stereocenters. The van der Waals surface area contributed by atoms with Crippen LogP contribution in [0.5, 0.6) is 0 Å². The molecule has 104 valence electrons. The fourth-order valence-electron chi connectivity index (χ4n) is 2.17. The maximum absolute atomic E-state index is 12.6. The molecule has 0 heterocycles. The first kappa shape index (κ1) is 15.0. The van der Waals surface area contributed by atoms with Gasteiger partial charge in [-0.05, 0) is 41.3 Å². The molecule has 20 heavy (non-hydrogen) atoms. The molecule has 0 N–H and O–H groups in total. The van der Waals surface area contributed by atoms with Crippen LogP contribution in [-0.4, -0.2) is 11.1 Å². The zero-order valence-corrected chi connectivity index (χ0v) is 13.2. The molecule has 1 atom stereocenters. The van der Waals surface area contributed by atoms with Crippen molar-refractivity contribution in [1.29, 1.82) is 0 Å². The van der Waals surface area contributed by atoms with Crippen LogP contribution in [0.3, 0.4) is 0 Å². The molecule has 0 saturated carbocycles. The molecule has 2 aromatic carbocycles. The quantitative estimate of drug-likeness (QED) is 0.769. The van der Waals surface area contributed by atoms with Gasteiger partial charge in [-0.1, -0.05) is 62.4 Å². The summed E-state index contributed by atoms with van der Waals surface area (Å²) >= 11 is 0. The van der Waals surface area contributed by atoms with Gasteiger partial charge in [0.25, 0.3) is 0 Å². The molecule has 0 fully saturated rings. The molecule has 0 aliphatic rings. The highest BCUT2D eigenvalue weighted by Crippen LogP contribution is 2.28. The van der Waals surface area contributed by atoms with Crippen LogP contribution in [0.4, 0.5) is 0 Å². The monoisotopic (exact) mass is 283 g/mol. The van der Waals surface area contributed by atoms with Crippen molar-refractivity contribution in [2.24, 2.45) is 0 Å². The maximum atomic E-state index is 12.6. The molecule has 2 heteroatoms. The summed E-state index contributed by atoms with van der Waals surface area (Å²) < 4.78 is 0. The highest BCUT2D eigenvalue weighted by molar-refractivity contribution is 7.41. The SMILES string of the molecule is CCC(C)P=C([O-])c1c(C)cccc1-c1ccccc1. The largest absolute Gasteiger partial charge is 0.823 e. The average Bonchev–Trinajstić information content (AvgIpc) is 2.47. The summed E-state index contributed by atoms with van der Waals surface area (Å²) in [4.78, 5) is 0. The van der Waals surface area contributed by atoms with Gasteiger partial charge in [0.2, 0.25) is 0 Å². The summed E-state index contributed by atoms with van der Waals surface area (Å²) in [6.45, 7) is 6.27. The van der Waals surface area contributed by atoms with Gasteiger partial charge in [0.05, 0.1) is 0 Å². The maximum Gasteiger partial charge on any atom is -0.00317 e. The van der Waals surface area contributed by atoms with Crippen LogP contribution in [0.2, 0.25) is 0 Å². The zero-order valence-electron chi connectivity index (χ0n) is 12.3. The average molecular weight is 283 g/mol. The second kappa shape index (κ2) is 6.83.